The van der Waals surface area contributed by atoms with Crippen molar-refractivity contribution >= 4 is 11.6 Å². The van der Waals surface area contributed by atoms with Crippen molar-refractivity contribution < 1.29 is 14.7 Å². The molecule has 6 atom stereocenters. The fraction of sp³-hybridized carbons (Fsp3) is 0.800. The lowest BCUT2D eigenvalue weighted by Crippen LogP contribution is -2.51. The molecule has 23 heavy (non-hydrogen) atoms. The molecule has 4 aliphatic rings. The average Bonchev–Trinajstić information content (AvgIpc) is 2.83. The van der Waals surface area contributed by atoms with Gasteiger partial charge in [0.15, 0.2) is 5.78 Å². The Balaban J connectivity index is 1.70. The van der Waals surface area contributed by atoms with Gasteiger partial charge in [-0.15, -0.1) is 0 Å². The normalized spacial score (nSPS) is 49.3. The zero-order chi connectivity index (χ0) is 16.4. The van der Waals surface area contributed by atoms with Crippen molar-refractivity contribution in [2.45, 2.75) is 58.8 Å². The predicted octanol–water partition coefficient (Wildman–Crippen LogP) is 3.31. The molecule has 4 aliphatic carbocycles. The number of hydrogen-bond acceptors (Lipinski definition) is 3. The van der Waals surface area contributed by atoms with Gasteiger partial charge >= 0.3 is 0 Å². The highest BCUT2D eigenvalue weighted by Gasteiger charge is 2.59. The van der Waals surface area contributed by atoms with E-state index in [4.69, 9.17) is 0 Å². The van der Waals surface area contributed by atoms with Gasteiger partial charge in [0.25, 0.3) is 0 Å². The summed E-state index contributed by atoms with van der Waals surface area (Å²) < 4.78 is 0. The number of allylic oxidation sites excluding steroid dienone is 1. The average molecular weight is 316 g/mol. The summed E-state index contributed by atoms with van der Waals surface area (Å²) in [6.07, 6.45) is 8.73. The zero-order valence-electron chi connectivity index (χ0n) is 14.3. The van der Waals surface area contributed by atoms with E-state index in [0.29, 0.717) is 23.5 Å². The standard InChI is InChI=1S/C20H28O3/c1-19-8-7-16-14(15(19)5-6-18(19)23)4-3-13-9-17(22)12(11-21)10-20(13,16)2/h9,12,14-16,21H,3-8,10-11H2,1-2H3/t12?,14-,15-,16-,19-,20-/m0/s1. The summed E-state index contributed by atoms with van der Waals surface area (Å²) in [6, 6.07) is 0. The van der Waals surface area contributed by atoms with Crippen LogP contribution in [-0.4, -0.2) is 23.3 Å². The van der Waals surface area contributed by atoms with Crippen LogP contribution in [0.25, 0.3) is 0 Å². The molecular weight excluding hydrogens is 288 g/mol. The molecule has 0 aliphatic heterocycles. The molecule has 126 valence electrons. The summed E-state index contributed by atoms with van der Waals surface area (Å²) in [5.74, 6) is 2.12. The maximum absolute atomic E-state index is 12.4. The Morgan fingerprint density at radius 2 is 1.83 bits per heavy atom. The Kier molecular flexibility index (Phi) is 3.39. The van der Waals surface area contributed by atoms with Crippen molar-refractivity contribution in [3.63, 3.8) is 0 Å². The molecule has 3 fully saturated rings. The largest absolute Gasteiger partial charge is 0.396 e. The minimum Gasteiger partial charge on any atom is -0.396 e. The third-order valence-corrected chi connectivity index (χ3v) is 8.05. The quantitative estimate of drug-likeness (QED) is 0.807. The van der Waals surface area contributed by atoms with E-state index in [1.807, 2.05) is 6.08 Å². The summed E-state index contributed by atoms with van der Waals surface area (Å²) in [5, 5.41) is 9.59. The summed E-state index contributed by atoms with van der Waals surface area (Å²) in [7, 11) is 0. The van der Waals surface area contributed by atoms with E-state index in [-0.39, 0.29) is 29.1 Å². The molecule has 3 saturated carbocycles. The Bertz CT molecular complexity index is 592. The zero-order valence-corrected chi connectivity index (χ0v) is 14.3. The van der Waals surface area contributed by atoms with Crippen molar-refractivity contribution in [3.05, 3.63) is 11.6 Å². The SMILES string of the molecule is C[C@]12CC(CO)C(=O)C=C1CC[C@@H]1[C@@H]2CC[C@]2(C)C(=O)CC[C@@H]12. The first-order valence-corrected chi connectivity index (χ1v) is 9.29. The third kappa shape index (κ3) is 1.98. The van der Waals surface area contributed by atoms with Crippen LogP contribution >= 0.6 is 0 Å². The van der Waals surface area contributed by atoms with Gasteiger partial charge in [0.05, 0.1) is 6.61 Å². The highest BCUT2D eigenvalue weighted by Crippen LogP contribution is 2.64. The number of fused-ring (bicyclic) bond motifs is 5. The van der Waals surface area contributed by atoms with Crippen molar-refractivity contribution in [2.24, 2.45) is 34.5 Å². The summed E-state index contributed by atoms with van der Waals surface area (Å²) in [5.41, 5.74) is 1.29. The van der Waals surface area contributed by atoms with Gasteiger partial charge in [0.1, 0.15) is 5.78 Å². The molecule has 0 saturated heterocycles. The maximum Gasteiger partial charge on any atom is 0.161 e. The summed E-state index contributed by atoms with van der Waals surface area (Å²) in [6.45, 7) is 4.50. The first kappa shape index (κ1) is 15.6. The molecule has 0 amide bonds. The van der Waals surface area contributed by atoms with Crippen molar-refractivity contribution in [1.82, 2.24) is 0 Å². The topological polar surface area (TPSA) is 54.4 Å². The second kappa shape index (κ2) is 5.02. The molecule has 0 bridgehead atoms. The van der Waals surface area contributed by atoms with Gasteiger partial charge < -0.3 is 5.11 Å². The van der Waals surface area contributed by atoms with Gasteiger partial charge in [-0.25, -0.2) is 0 Å². The second-order valence-electron chi connectivity index (χ2n) is 8.91. The van der Waals surface area contributed by atoms with Crippen LogP contribution in [0.15, 0.2) is 11.6 Å². The molecule has 1 unspecified atom stereocenters. The predicted molar refractivity (Wildman–Crippen MR) is 87.7 cm³/mol. The number of aliphatic hydroxyl groups is 1. The van der Waals surface area contributed by atoms with Gasteiger partial charge in [0.2, 0.25) is 0 Å². The van der Waals surface area contributed by atoms with Crippen LogP contribution in [0.4, 0.5) is 0 Å². The van der Waals surface area contributed by atoms with E-state index in [0.717, 1.165) is 44.9 Å². The highest BCUT2D eigenvalue weighted by molar-refractivity contribution is 5.94. The number of ketones is 2. The fourth-order valence-electron chi connectivity index (χ4n) is 6.67. The number of aliphatic hydroxyl groups excluding tert-OH is 1. The number of carbonyl (C=O) groups is 2. The van der Waals surface area contributed by atoms with Gasteiger partial charge in [-0.1, -0.05) is 19.4 Å². The molecule has 0 aromatic heterocycles. The van der Waals surface area contributed by atoms with E-state index < -0.39 is 0 Å². The number of hydrogen-bond donors (Lipinski definition) is 1. The van der Waals surface area contributed by atoms with E-state index >= 15 is 0 Å². The van der Waals surface area contributed by atoms with E-state index in [2.05, 4.69) is 13.8 Å². The highest BCUT2D eigenvalue weighted by atomic mass is 16.3. The Hall–Kier alpha value is -0.960. The second-order valence-corrected chi connectivity index (χ2v) is 8.91. The molecule has 0 aromatic rings. The van der Waals surface area contributed by atoms with E-state index in [1.165, 1.54) is 5.57 Å². The van der Waals surface area contributed by atoms with Crippen molar-refractivity contribution in [2.75, 3.05) is 6.61 Å². The van der Waals surface area contributed by atoms with Crippen LogP contribution < -0.4 is 0 Å². The minimum atomic E-state index is -0.221. The van der Waals surface area contributed by atoms with Crippen LogP contribution in [0.5, 0.6) is 0 Å². The molecule has 1 N–H and O–H groups in total. The number of Topliss-reactive ketones (excluding diaryl/α,β-unsaturated/α-hetero) is 1. The van der Waals surface area contributed by atoms with Crippen LogP contribution in [0, 0.1) is 34.5 Å². The lowest BCUT2D eigenvalue weighted by molar-refractivity contribution is -0.133. The van der Waals surface area contributed by atoms with Gasteiger partial charge in [-0.3, -0.25) is 9.59 Å². The summed E-state index contributed by atoms with van der Waals surface area (Å²) in [4.78, 5) is 24.6. The van der Waals surface area contributed by atoms with Gasteiger partial charge in [0, 0.05) is 17.8 Å². The molecule has 0 spiro atoms. The van der Waals surface area contributed by atoms with Crippen LogP contribution in [0.3, 0.4) is 0 Å². The summed E-state index contributed by atoms with van der Waals surface area (Å²) >= 11 is 0. The molecule has 0 heterocycles. The molecular formula is C20H28O3. The van der Waals surface area contributed by atoms with Crippen molar-refractivity contribution in [3.8, 4) is 0 Å². The number of carbonyl (C=O) groups excluding carboxylic acids is 2. The first-order chi connectivity index (χ1) is 10.9. The molecule has 3 heteroatoms. The molecule has 0 aromatic carbocycles. The third-order valence-electron chi connectivity index (χ3n) is 8.05. The Morgan fingerprint density at radius 3 is 2.57 bits per heavy atom. The first-order valence-electron chi connectivity index (χ1n) is 9.29. The molecule has 3 nitrogen and oxygen atoms in total. The fourth-order valence-corrected chi connectivity index (χ4v) is 6.67. The molecule has 4 rings (SSSR count). The number of rotatable bonds is 1. The van der Waals surface area contributed by atoms with Crippen LogP contribution in [-0.2, 0) is 9.59 Å². The lowest BCUT2D eigenvalue weighted by atomic mass is 9.47. The van der Waals surface area contributed by atoms with Crippen LogP contribution in [0.1, 0.15) is 58.8 Å². The van der Waals surface area contributed by atoms with E-state index in [9.17, 15) is 14.7 Å². The van der Waals surface area contributed by atoms with Gasteiger partial charge in [-0.2, -0.15) is 0 Å². The van der Waals surface area contributed by atoms with Crippen LogP contribution in [0.2, 0.25) is 0 Å². The molecule has 0 radical (unpaired) electrons. The minimum absolute atomic E-state index is 0.0325. The lowest BCUT2D eigenvalue weighted by Gasteiger charge is -2.57. The maximum atomic E-state index is 12.4. The van der Waals surface area contributed by atoms with Crippen molar-refractivity contribution in [1.29, 1.82) is 0 Å². The van der Waals surface area contributed by atoms with E-state index in [1.54, 1.807) is 0 Å². The Labute approximate surface area is 138 Å². The monoisotopic (exact) mass is 316 g/mol. The Morgan fingerprint density at radius 1 is 1.09 bits per heavy atom. The smallest absolute Gasteiger partial charge is 0.161 e. The van der Waals surface area contributed by atoms with Gasteiger partial charge in [-0.05, 0) is 67.8 Å².